The summed E-state index contributed by atoms with van der Waals surface area (Å²) in [6.07, 6.45) is 3.65. The third-order valence-corrected chi connectivity index (χ3v) is 7.60. The van der Waals surface area contributed by atoms with Crippen molar-refractivity contribution in [2.75, 3.05) is 20.1 Å². The summed E-state index contributed by atoms with van der Waals surface area (Å²) in [5, 5.41) is 16.5. The number of carbonyl (C=O) groups is 1. The van der Waals surface area contributed by atoms with Crippen LogP contribution in [0.3, 0.4) is 0 Å². The number of carboxylic acids is 1. The van der Waals surface area contributed by atoms with E-state index in [1.54, 1.807) is 7.05 Å². The van der Waals surface area contributed by atoms with Crippen LogP contribution in [0.15, 0.2) is 16.1 Å². The Kier molecular flexibility index (Phi) is 3.64. The van der Waals surface area contributed by atoms with Crippen molar-refractivity contribution in [2.45, 2.75) is 39.5 Å². The van der Waals surface area contributed by atoms with Gasteiger partial charge >= 0.3 is 5.97 Å². The highest BCUT2D eigenvalue weighted by molar-refractivity contribution is 5.89. The Bertz CT molecular complexity index is 744. The zero-order chi connectivity index (χ0) is 17.8. The summed E-state index contributed by atoms with van der Waals surface area (Å²) in [6.45, 7) is 6.10. The van der Waals surface area contributed by atoms with Crippen molar-refractivity contribution >= 4 is 11.9 Å². The molecule has 25 heavy (non-hydrogen) atoms. The van der Waals surface area contributed by atoms with Crippen LogP contribution in [0.5, 0.6) is 0 Å². The van der Waals surface area contributed by atoms with Crippen molar-refractivity contribution in [2.24, 2.45) is 33.6 Å². The SMILES string of the molecule is CN=C1NCC#C[C@@H]2C[C@@H](C)[C@@]34CCC(C(=O)O)=C3C[C@@H]2[C@@]4(C)CN1. The minimum atomic E-state index is -0.716. The molecule has 3 aliphatic carbocycles. The van der Waals surface area contributed by atoms with E-state index in [2.05, 4.69) is 41.3 Å². The summed E-state index contributed by atoms with van der Waals surface area (Å²) in [5.41, 5.74) is 1.92. The number of allylic oxidation sites excluding steroid dienone is 1. The summed E-state index contributed by atoms with van der Waals surface area (Å²) in [7, 11) is 1.78. The third-order valence-electron chi connectivity index (χ3n) is 7.60. The lowest BCUT2D eigenvalue weighted by Crippen LogP contribution is -2.56. The van der Waals surface area contributed by atoms with E-state index in [9.17, 15) is 9.90 Å². The Labute approximate surface area is 149 Å². The number of carboxylic acid groups (broad SMARTS) is 1. The second-order valence-corrected chi connectivity index (χ2v) is 8.31. The standard InChI is InChI=1S/C20H27N3O2/c1-12-9-13-5-4-8-22-18(21-3)23-11-19(2)15(13)10-16-14(17(24)25)6-7-20(12,16)19/h12-13,15H,6-11H2,1-3H3,(H,24,25)(H2,21,22,23)/t12-,13-,15+,19-,20+/m1/s1. The van der Waals surface area contributed by atoms with Gasteiger partial charge in [-0.15, -0.1) is 0 Å². The molecule has 3 N–H and O–H groups in total. The smallest absolute Gasteiger partial charge is 0.331 e. The van der Waals surface area contributed by atoms with Crippen molar-refractivity contribution in [3.05, 3.63) is 11.1 Å². The van der Waals surface area contributed by atoms with E-state index in [-0.39, 0.29) is 10.8 Å². The first-order chi connectivity index (χ1) is 11.9. The molecule has 5 heteroatoms. The van der Waals surface area contributed by atoms with Crippen molar-refractivity contribution in [1.82, 2.24) is 10.6 Å². The number of aliphatic carboxylic acids is 1. The van der Waals surface area contributed by atoms with Gasteiger partial charge in [0, 0.05) is 30.5 Å². The summed E-state index contributed by atoms with van der Waals surface area (Å²) in [6, 6.07) is 0. The van der Waals surface area contributed by atoms with Gasteiger partial charge in [-0.3, -0.25) is 4.99 Å². The predicted octanol–water partition coefficient (Wildman–Crippen LogP) is 2.01. The molecule has 134 valence electrons. The van der Waals surface area contributed by atoms with E-state index in [1.807, 2.05) is 0 Å². The van der Waals surface area contributed by atoms with Crippen LogP contribution in [0.2, 0.25) is 0 Å². The molecule has 0 amide bonds. The Hall–Kier alpha value is -1.96. The van der Waals surface area contributed by atoms with Crippen LogP contribution in [-0.2, 0) is 4.79 Å². The Balaban J connectivity index is 1.87. The van der Waals surface area contributed by atoms with Crippen LogP contribution < -0.4 is 10.6 Å². The molecule has 2 saturated carbocycles. The minimum Gasteiger partial charge on any atom is -0.478 e. The highest BCUT2D eigenvalue weighted by atomic mass is 16.4. The molecule has 2 fully saturated rings. The van der Waals surface area contributed by atoms with Crippen LogP contribution in [0.25, 0.3) is 0 Å². The van der Waals surface area contributed by atoms with Gasteiger partial charge in [-0.1, -0.05) is 31.3 Å². The topological polar surface area (TPSA) is 73.7 Å². The summed E-state index contributed by atoms with van der Waals surface area (Å²) >= 11 is 0. The van der Waals surface area contributed by atoms with Crippen LogP contribution in [0.1, 0.15) is 39.5 Å². The zero-order valence-corrected chi connectivity index (χ0v) is 15.3. The summed E-state index contributed by atoms with van der Waals surface area (Å²) in [4.78, 5) is 16.1. The molecule has 1 heterocycles. The Morgan fingerprint density at radius 1 is 1.40 bits per heavy atom. The monoisotopic (exact) mass is 341 g/mol. The maximum atomic E-state index is 11.8. The fourth-order valence-electron chi connectivity index (χ4n) is 6.53. The predicted molar refractivity (Wildman–Crippen MR) is 97.0 cm³/mol. The molecule has 4 aliphatic rings. The average Bonchev–Trinajstić information content (AvgIpc) is 3.03. The van der Waals surface area contributed by atoms with E-state index in [0.29, 0.717) is 36.3 Å². The molecule has 0 saturated heterocycles. The largest absolute Gasteiger partial charge is 0.478 e. The number of guanidine groups is 1. The van der Waals surface area contributed by atoms with Gasteiger partial charge in [0.2, 0.25) is 0 Å². The molecule has 0 unspecified atom stereocenters. The van der Waals surface area contributed by atoms with Crippen molar-refractivity contribution in [3.63, 3.8) is 0 Å². The van der Waals surface area contributed by atoms with Gasteiger partial charge in [-0.2, -0.15) is 0 Å². The molecule has 4 rings (SSSR count). The third kappa shape index (κ3) is 2.03. The fraction of sp³-hybridized carbons (Fsp3) is 0.700. The Morgan fingerprint density at radius 2 is 2.20 bits per heavy atom. The number of aliphatic imine (C=N–C) groups is 1. The molecule has 4 bridgehead atoms. The van der Waals surface area contributed by atoms with Gasteiger partial charge in [0.1, 0.15) is 0 Å². The molecule has 1 aliphatic heterocycles. The zero-order valence-electron chi connectivity index (χ0n) is 15.3. The molecule has 0 aromatic rings. The van der Waals surface area contributed by atoms with Gasteiger partial charge in [-0.25, -0.2) is 4.79 Å². The maximum absolute atomic E-state index is 11.8. The first-order valence-electron chi connectivity index (χ1n) is 9.32. The van der Waals surface area contributed by atoms with E-state index in [1.165, 1.54) is 5.57 Å². The Morgan fingerprint density at radius 3 is 2.92 bits per heavy atom. The molecule has 0 aromatic heterocycles. The van der Waals surface area contributed by atoms with Gasteiger partial charge < -0.3 is 15.7 Å². The normalized spacial score (nSPS) is 43.6. The van der Waals surface area contributed by atoms with Gasteiger partial charge in [0.15, 0.2) is 5.96 Å². The molecular formula is C20H27N3O2. The second kappa shape index (κ2) is 5.52. The number of hydrogen-bond donors (Lipinski definition) is 3. The summed E-state index contributed by atoms with van der Waals surface area (Å²) < 4.78 is 0. The first-order valence-corrected chi connectivity index (χ1v) is 9.32. The summed E-state index contributed by atoms with van der Waals surface area (Å²) in [5.74, 6) is 8.09. The van der Waals surface area contributed by atoms with Gasteiger partial charge in [0.25, 0.3) is 0 Å². The lowest BCUT2D eigenvalue weighted by molar-refractivity contribution is -0.132. The van der Waals surface area contributed by atoms with Crippen LogP contribution >= 0.6 is 0 Å². The number of nitrogens with one attached hydrogen (secondary N) is 2. The number of rotatable bonds is 1. The molecule has 0 radical (unpaired) electrons. The van der Waals surface area contributed by atoms with Gasteiger partial charge in [-0.05, 0) is 42.9 Å². The highest BCUT2D eigenvalue weighted by Crippen LogP contribution is 2.73. The quantitative estimate of drug-likeness (QED) is 0.638. The van der Waals surface area contributed by atoms with E-state index in [4.69, 9.17) is 0 Å². The van der Waals surface area contributed by atoms with E-state index < -0.39 is 5.97 Å². The molecule has 1 spiro atoms. The molecule has 0 aromatic carbocycles. The van der Waals surface area contributed by atoms with Crippen molar-refractivity contribution < 1.29 is 9.90 Å². The van der Waals surface area contributed by atoms with E-state index >= 15 is 0 Å². The first kappa shape index (κ1) is 16.5. The number of hydrogen-bond acceptors (Lipinski definition) is 2. The van der Waals surface area contributed by atoms with Crippen molar-refractivity contribution in [1.29, 1.82) is 0 Å². The molecule has 5 nitrogen and oxygen atoms in total. The molecule has 5 atom stereocenters. The average molecular weight is 341 g/mol. The maximum Gasteiger partial charge on any atom is 0.331 e. The highest BCUT2D eigenvalue weighted by Gasteiger charge is 2.68. The fourth-order valence-corrected chi connectivity index (χ4v) is 6.53. The molecular weight excluding hydrogens is 314 g/mol. The van der Waals surface area contributed by atoms with Crippen LogP contribution in [0.4, 0.5) is 0 Å². The van der Waals surface area contributed by atoms with Gasteiger partial charge in [0.05, 0.1) is 6.54 Å². The van der Waals surface area contributed by atoms with Crippen molar-refractivity contribution in [3.8, 4) is 11.8 Å². The minimum absolute atomic E-state index is 0.00534. The second-order valence-electron chi connectivity index (χ2n) is 8.31. The lowest BCUT2D eigenvalue weighted by atomic mass is 9.49. The lowest BCUT2D eigenvalue weighted by Gasteiger charge is -2.55. The van der Waals surface area contributed by atoms with Crippen LogP contribution in [0, 0.1) is 40.4 Å². The number of nitrogens with zero attached hydrogens (tertiary/aromatic N) is 1. The van der Waals surface area contributed by atoms with E-state index in [0.717, 1.165) is 31.8 Å². The van der Waals surface area contributed by atoms with Crippen LogP contribution in [-0.4, -0.2) is 37.2 Å².